The molecule has 0 spiro atoms. The fraction of sp³-hybridized carbons (Fsp3) is 0.609. The number of hydrogen-bond donors (Lipinski definition) is 1. The van der Waals surface area contributed by atoms with Crippen LogP contribution in [0.3, 0.4) is 0 Å². The van der Waals surface area contributed by atoms with Crippen molar-refractivity contribution in [2.24, 2.45) is 0 Å². The monoisotopic (exact) mass is 464 g/mol. The zero-order valence-corrected chi connectivity index (χ0v) is 20.2. The number of hydrogen-bond acceptors (Lipinski definition) is 7. The Kier molecular flexibility index (Phi) is 8.14. The van der Waals surface area contributed by atoms with E-state index >= 15 is 0 Å². The predicted octanol–water partition coefficient (Wildman–Crippen LogP) is 4.12. The zero-order valence-electron chi connectivity index (χ0n) is 19.5. The number of amides is 1. The lowest BCUT2D eigenvalue weighted by Gasteiger charge is -2.39. The molecule has 1 amide bonds. The lowest BCUT2D eigenvalue weighted by Crippen LogP contribution is -2.54. The van der Waals surface area contributed by atoms with Gasteiger partial charge in [-0.25, -0.2) is 4.79 Å². The lowest BCUT2D eigenvalue weighted by molar-refractivity contribution is 0.0349. The van der Waals surface area contributed by atoms with Gasteiger partial charge in [-0.15, -0.1) is 10.2 Å². The summed E-state index contributed by atoms with van der Waals surface area (Å²) >= 11 is 6.43. The van der Waals surface area contributed by atoms with Crippen LogP contribution in [0.2, 0.25) is 5.02 Å². The van der Waals surface area contributed by atoms with E-state index in [0.29, 0.717) is 30.3 Å². The highest BCUT2D eigenvalue weighted by Gasteiger charge is 2.29. The first-order valence-corrected chi connectivity index (χ1v) is 11.5. The number of benzene rings is 1. The summed E-state index contributed by atoms with van der Waals surface area (Å²) in [4.78, 5) is 16.4. The van der Waals surface area contributed by atoms with Gasteiger partial charge in [0.05, 0.1) is 12.5 Å². The first-order valence-electron chi connectivity index (χ1n) is 11.2. The number of halogens is 1. The van der Waals surface area contributed by atoms with Gasteiger partial charge < -0.3 is 19.2 Å². The summed E-state index contributed by atoms with van der Waals surface area (Å²) in [6, 6.07) is 3.98. The number of aliphatic hydroxyl groups excluding tert-OH is 1. The van der Waals surface area contributed by atoms with Crippen LogP contribution in [0.15, 0.2) is 16.5 Å². The molecule has 2 heterocycles. The molecule has 176 valence electrons. The minimum atomic E-state index is -0.745. The third-order valence-corrected chi connectivity index (χ3v) is 5.98. The number of carbonyl (C=O) groups is 1. The first kappa shape index (κ1) is 24.5. The summed E-state index contributed by atoms with van der Waals surface area (Å²) < 4.78 is 11.0. The van der Waals surface area contributed by atoms with E-state index in [9.17, 15) is 9.90 Å². The van der Waals surface area contributed by atoms with E-state index in [-0.39, 0.29) is 24.1 Å². The zero-order chi connectivity index (χ0) is 23.4. The summed E-state index contributed by atoms with van der Waals surface area (Å²) in [6.45, 7) is 12.6. The first-order chi connectivity index (χ1) is 15.2. The third-order valence-electron chi connectivity index (χ3n) is 5.76. The van der Waals surface area contributed by atoms with Crippen LogP contribution < -0.4 is 0 Å². The normalized spacial score (nSPS) is 18.2. The standard InChI is InChI=1S/C23H33ClN4O4/c1-6-20(29)22-26-25-21(32-22)11-17-9-19(24)10-18(16(17)5)13-27-7-8-28(15(4)12-27)23(30)31-14(2)3/h9-10,14-15,20,29H,6-8,11-13H2,1-5H3/t15-,20-/m0/s1. The highest BCUT2D eigenvalue weighted by molar-refractivity contribution is 6.30. The molecule has 2 atom stereocenters. The molecule has 8 nitrogen and oxygen atoms in total. The Bertz CT molecular complexity index is 933. The van der Waals surface area contributed by atoms with E-state index in [1.54, 1.807) is 4.90 Å². The fourth-order valence-electron chi connectivity index (χ4n) is 3.91. The Hall–Kier alpha value is -2.16. The summed E-state index contributed by atoms with van der Waals surface area (Å²) in [6.07, 6.45) is -0.150. The van der Waals surface area contributed by atoms with Gasteiger partial charge in [-0.2, -0.15) is 0 Å². The van der Waals surface area contributed by atoms with E-state index in [1.165, 1.54) is 0 Å². The van der Waals surface area contributed by atoms with Crippen LogP contribution in [0.1, 0.15) is 68.7 Å². The summed E-state index contributed by atoms with van der Waals surface area (Å²) in [5, 5.41) is 18.6. The van der Waals surface area contributed by atoms with E-state index < -0.39 is 6.10 Å². The molecule has 1 aromatic carbocycles. The lowest BCUT2D eigenvalue weighted by atomic mass is 9.99. The molecule has 1 saturated heterocycles. The molecular formula is C23H33ClN4O4. The molecule has 1 fully saturated rings. The number of aromatic nitrogens is 2. The molecule has 1 aliphatic heterocycles. The molecule has 3 rings (SSSR count). The van der Waals surface area contributed by atoms with Crippen molar-refractivity contribution in [1.82, 2.24) is 20.0 Å². The second-order valence-corrected chi connectivity index (χ2v) is 9.13. The molecule has 1 N–H and O–H groups in total. The van der Waals surface area contributed by atoms with Gasteiger partial charge >= 0.3 is 6.09 Å². The number of aliphatic hydroxyl groups is 1. The average molecular weight is 465 g/mol. The molecule has 1 aromatic heterocycles. The minimum absolute atomic E-state index is 0.0655. The maximum absolute atomic E-state index is 12.3. The minimum Gasteiger partial charge on any atom is -0.447 e. The Labute approximate surface area is 194 Å². The number of nitrogens with zero attached hydrogens (tertiary/aromatic N) is 4. The van der Waals surface area contributed by atoms with Crippen molar-refractivity contribution in [3.05, 3.63) is 45.6 Å². The molecule has 0 saturated carbocycles. The van der Waals surface area contributed by atoms with Crippen molar-refractivity contribution in [3.63, 3.8) is 0 Å². The van der Waals surface area contributed by atoms with E-state index in [0.717, 1.165) is 36.3 Å². The number of ether oxygens (including phenoxy) is 1. The average Bonchev–Trinajstić information content (AvgIpc) is 3.19. The SMILES string of the molecule is CC[C@H](O)c1nnc(Cc2cc(Cl)cc(CN3CCN(C(=O)OC(C)C)[C@@H](C)C3)c2C)o1. The molecule has 0 radical (unpaired) electrons. The quantitative estimate of drug-likeness (QED) is 0.658. The molecule has 9 heteroatoms. The largest absolute Gasteiger partial charge is 0.447 e. The Balaban J connectivity index is 1.68. The molecule has 0 aliphatic carbocycles. The van der Waals surface area contributed by atoms with Crippen molar-refractivity contribution < 1.29 is 19.1 Å². The molecule has 2 aromatic rings. The Morgan fingerprint density at radius 2 is 2.03 bits per heavy atom. The van der Waals surface area contributed by atoms with Crippen molar-refractivity contribution in [2.75, 3.05) is 19.6 Å². The van der Waals surface area contributed by atoms with Crippen molar-refractivity contribution in [1.29, 1.82) is 0 Å². The highest BCUT2D eigenvalue weighted by Crippen LogP contribution is 2.26. The molecule has 0 bridgehead atoms. The molecule has 32 heavy (non-hydrogen) atoms. The van der Waals surface area contributed by atoms with Gasteiger partial charge in [0.25, 0.3) is 0 Å². The van der Waals surface area contributed by atoms with Crippen molar-refractivity contribution in [2.45, 2.75) is 72.3 Å². The maximum atomic E-state index is 12.3. The topological polar surface area (TPSA) is 91.9 Å². The van der Waals surface area contributed by atoms with Gasteiger partial charge in [0, 0.05) is 37.2 Å². The summed E-state index contributed by atoms with van der Waals surface area (Å²) in [5.74, 6) is 0.694. The summed E-state index contributed by atoms with van der Waals surface area (Å²) in [5.41, 5.74) is 3.27. The Morgan fingerprint density at radius 3 is 2.69 bits per heavy atom. The van der Waals surface area contributed by atoms with E-state index in [2.05, 4.69) is 22.0 Å². The summed E-state index contributed by atoms with van der Waals surface area (Å²) in [7, 11) is 0. The van der Waals surface area contributed by atoms with Crippen molar-refractivity contribution >= 4 is 17.7 Å². The van der Waals surface area contributed by atoms with Crippen molar-refractivity contribution in [3.8, 4) is 0 Å². The van der Waals surface area contributed by atoms with Gasteiger partial charge in [0.2, 0.25) is 11.8 Å². The third kappa shape index (κ3) is 5.99. The highest BCUT2D eigenvalue weighted by atomic mass is 35.5. The second kappa shape index (κ2) is 10.6. The van der Waals surface area contributed by atoms with Gasteiger partial charge in [-0.3, -0.25) is 4.90 Å². The maximum Gasteiger partial charge on any atom is 0.410 e. The second-order valence-electron chi connectivity index (χ2n) is 8.69. The van der Waals surface area contributed by atoms with E-state index in [1.807, 2.05) is 39.8 Å². The van der Waals surface area contributed by atoms with Crippen LogP contribution >= 0.6 is 11.6 Å². The number of rotatable bonds is 7. The number of carbonyl (C=O) groups excluding carboxylic acids is 1. The number of piperazine rings is 1. The fourth-order valence-corrected chi connectivity index (χ4v) is 4.18. The van der Waals surface area contributed by atoms with Crippen LogP contribution in [0.4, 0.5) is 4.79 Å². The molecule has 0 unspecified atom stereocenters. The van der Waals surface area contributed by atoms with Crippen LogP contribution in [-0.2, 0) is 17.7 Å². The van der Waals surface area contributed by atoms with Crippen LogP contribution in [0.25, 0.3) is 0 Å². The van der Waals surface area contributed by atoms with Crippen LogP contribution in [0.5, 0.6) is 0 Å². The molecule has 1 aliphatic rings. The van der Waals surface area contributed by atoms with Crippen LogP contribution in [-0.4, -0.2) is 63.0 Å². The molecular weight excluding hydrogens is 432 g/mol. The van der Waals surface area contributed by atoms with Gasteiger partial charge in [0.1, 0.15) is 6.10 Å². The van der Waals surface area contributed by atoms with Gasteiger partial charge in [0.15, 0.2) is 0 Å². The smallest absolute Gasteiger partial charge is 0.410 e. The Morgan fingerprint density at radius 1 is 1.31 bits per heavy atom. The van der Waals surface area contributed by atoms with Crippen LogP contribution in [0, 0.1) is 6.92 Å². The predicted molar refractivity (Wildman–Crippen MR) is 122 cm³/mol. The van der Waals surface area contributed by atoms with E-state index in [4.69, 9.17) is 20.8 Å². The van der Waals surface area contributed by atoms with Gasteiger partial charge in [-0.1, -0.05) is 18.5 Å². The van der Waals surface area contributed by atoms with Gasteiger partial charge in [-0.05, 0) is 62.9 Å².